The average molecular weight is 276 g/mol. The smallest absolute Gasteiger partial charge is 0.428 e. The fraction of sp³-hybridized carbons (Fsp3) is 0.769. The lowest BCUT2D eigenvalue weighted by molar-refractivity contribution is -0.115. The number of Topliss-reactive ketones (excluding diaryl/α,β-unsaturated/α-hetero) is 1. The molecule has 0 heterocycles. The lowest BCUT2D eigenvalue weighted by atomic mass is 10.2. The van der Waals surface area contributed by atoms with E-state index in [1.54, 1.807) is 41.5 Å². The summed E-state index contributed by atoms with van der Waals surface area (Å²) >= 11 is 0. The summed E-state index contributed by atoms with van der Waals surface area (Å²) in [4.78, 5) is 31.5. The van der Waals surface area contributed by atoms with Gasteiger partial charge in [0.2, 0.25) is 0 Å². The Morgan fingerprint density at radius 2 is 0.895 bits per heavy atom. The third-order valence-electron chi connectivity index (χ3n) is 0.946. The summed E-state index contributed by atoms with van der Waals surface area (Å²) in [5, 5.41) is 0. The van der Waals surface area contributed by atoms with Crippen LogP contribution >= 0.6 is 0 Å². The Balaban J connectivity index is 0. The molecule has 0 unspecified atom stereocenters. The fourth-order valence-corrected chi connectivity index (χ4v) is 0.610. The molecule has 6 nitrogen and oxygen atoms in total. The van der Waals surface area contributed by atoms with Crippen LogP contribution in [0.15, 0.2) is 0 Å². The van der Waals surface area contributed by atoms with Crippen molar-refractivity contribution < 1.29 is 28.6 Å². The van der Waals surface area contributed by atoms with Gasteiger partial charge in [-0.05, 0) is 55.4 Å². The number of ether oxygens (including phenoxy) is 3. The van der Waals surface area contributed by atoms with E-state index in [9.17, 15) is 14.4 Å². The van der Waals surface area contributed by atoms with E-state index in [-0.39, 0.29) is 5.78 Å². The van der Waals surface area contributed by atoms with Crippen LogP contribution in [0.25, 0.3) is 0 Å². The van der Waals surface area contributed by atoms with Crippen molar-refractivity contribution in [1.29, 1.82) is 0 Å². The van der Waals surface area contributed by atoms with Crippen molar-refractivity contribution in [2.45, 2.75) is 66.6 Å². The van der Waals surface area contributed by atoms with Crippen LogP contribution in [0.2, 0.25) is 0 Å². The van der Waals surface area contributed by atoms with Crippen LogP contribution < -0.4 is 0 Å². The first-order valence-electron chi connectivity index (χ1n) is 5.84. The Kier molecular flexibility index (Phi) is 8.06. The highest BCUT2D eigenvalue weighted by Crippen LogP contribution is 2.11. The van der Waals surface area contributed by atoms with Crippen LogP contribution in [0.4, 0.5) is 9.59 Å². The lowest BCUT2D eigenvalue weighted by Crippen LogP contribution is -2.29. The minimum Gasteiger partial charge on any atom is -0.428 e. The van der Waals surface area contributed by atoms with Crippen LogP contribution in [0.5, 0.6) is 0 Å². The monoisotopic (exact) mass is 276 g/mol. The third kappa shape index (κ3) is 22.1. The molecule has 0 atom stereocenters. The SMILES string of the molecule is CC(C)(C)OC(=O)OC(=O)OC(C)(C)C.CC(C)=O. The van der Waals surface area contributed by atoms with E-state index in [4.69, 9.17) is 9.47 Å². The summed E-state index contributed by atoms with van der Waals surface area (Å²) in [5.74, 6) is 0.167. The molecule has 0 aromatic heterocycles. The summed E-state index contributed by atoms with van der Waals surface area (Å²) in [6.45, 7) is 13.1. The molecule has 0 rings (SSSR count). The quantitative estimate of drug-likeness (QED) is 0.498. The van der Waals surface area contributed by atoms with Crippen LogP contribution in [0.3, 0.4) is 0 Å². The van der Waals surface area contributed by atoms with Gasteiger partial charge in [-0.25, -0.2) is 9.59 Å². The van der Waals surface area contributed by atoms with Crippen molar-refractivity contribution in [2.24, 2.45) is 0 Å². The number of ketones is 1. The van der Waals surface area contributed by atoms with Gasteiger partial charge in [0.25, 0.3) is 0 Å². The van der Waals surface area contributed by atoms with Gasteiger partial charge in [-0.15, -0.1) is 0 Å². The fourth-order valence-electron chi connectivity index (χ4n) is 0.610. The molecular weight excluding hydrogens is 252 g/mol. The Bertz CT molecular complexity index is 289. The van der Waals surface area contributed by atoms with Crippen LogP contribution in [-0.2, 0) is 19.0 Å². The number of carbonyl (C=O) groups excluding carboxylic acids is 3. The van der Waals surface area contributed by atoms with Crippen LogP contribution in [0.1, 0.15) is 55.4 Å². The zero-order valence-electron chi connectivity index (χ0n) is 12.9. The molecule has 0 aromatic rings. The molecule has 0 amide bonds. The maximum Gasteiger partial charge on any atom is 0.519 e. The van der Waals surface area contributed by atoms with Gasteiger partial charge in [0.15, 0.2) is 0 Å². The molecule has 0 bridgehead atoms. The molecule has 112 valence electrons. The van der Waals surface area contributed by atoms with Crippen LogP contribution in [-0.4, -0.2) is 29.3 Å². The van der Waals surface area contributed by atoms with Gasteiger partial charge in [-0.3, -0.25) is 0 Å². The van der Waals surface area contributed by atoms with Gasteiger partial charge >= 0.3 is 12.3 Å². The highest BCUT2D eigenvalue weighted by atomic mass is 16.8. The van der Waals surface area contributed by atoms with Gasteiger partial charge in [-0.1, -0.05) is 0 Å². The molecule has 0 aliphatic carbocycles. The highest BCUT2D eigenvalue weighted by Gasteiger charge is 2.24. The minimum absolute atomic E-state index is 0.167. The van der Waals surface area contributed by atoms with E-state index >= 15 is 0 Å². The maximum absolute atomic E-state index is 11.0. The van der Waals surface area contributed by atoms with E-state index in [1.807, 2.05) is 0 Å². The van der Waals surface area contributed by atoms with Gasteiger partial charge in [0, 0.05) is 0 Å². The van der Waals surface area contributed by atoms with Gasteiger partial charge in [-0.2, -0.15) is 0 Å². The Hall–Kier alpha value is -1.59. The van der Waals surface area contributed by atoms with E-state index in [2.05, 4.69) is 4.74 Å². The Labute approximate surface area is 114 Å². The molecule has 0 aliphatic heterocycles. The molecule has 19 heavy (non-hydrogen) atoms. The molecule has 0 spiro atoms. The summed E-state index contributed by atoms with van der Waals surface area (Å²) in [6, 6.07) is 0. The largest absolute Gasteiger partial charge is 0.519 e. The minimum atomic E-state index is -1.06. The molecule has 0 aliphatic rings. The molecule has 0 aromatic carbocycles. The zero-order chi connectivity index (χ0) is 15.9. The Morgan fingerprint density at radius 3 is 1.05 bits per heavy atom. The number of carbonyl (C=O) groups is 3. The van der Waals surface area contributed by atoms with E-state index in [1.165, 1.54) is 13.8 Å². The average Bonchev–Trinajstić information content (AvgIpc) is 1.91. The molecular formula is C13H24O6. The van der Waals surface area contributed by atoms with Crippen molar-refractivity contribution in [3.63, 3.8) is 0 Å². The molecule has 0 radical (unpaired) electrons. The zero-order valence-corrected chi connectivity index (χ0v) is 12.9. The summed E-state index contributed by atoms with van der Waals surface area (Å²) in [6.07, 6.45) is -2.12. The standard InChI is InChI=1S/C10H18O5.C3H6O/c1-9(2,3)14-7(11)13-8(12)15-10(4,5)6;1-3(2)4/h1-6H3;1-2H3. The van der Waals surface area contributed by atoms with Crippen molar-refractivity contribution >= 4 is 18.1 Å². The van der Waals surface area contributed by atoms with Crippen molar-refractivity contribution in [2.75, 3.05) is 0 Å². The van der Waals surface area contributed by atoms with Crippen molar-refractivity contribution in [3.8, 4) is 0 Å². The lowest BCUT2D eigenvalue weighted by Gasteiger charge is -2.20. The molecule has 0 saturated heterocycles. The van der Waals surface area contributed by atoms with Crippen molar-refractivity contribution in [1.82, 2.24) is 0 Å². The first-order valence-corrected chi connectivity index (χ1v) is 5.84. The summed E-state index contributed by atoms with van der Waals surface area (Å²) in [5.41, 5.74) is -1.39. The third-order valence-corrected chi connectivity index (χ3v) is 0.946. The van der Waals surface area contributed by atoms with Crippen LogP contribution in [0, 0.1) is 0 Å². The maximum atomic E-state index is 11.0. The summed E-state index contributed by atoms with van der Waals surface area (Å²) in [7, 11) is 0. The van der Waals surface area contributed by atoms with Crippen molar-refractivity contribution in [3.05, 3.63) is 0 Å². The highest BCUT2D eigenvalue weighted by molar-refractivity contribution is 5.77. The summed E-state index contributed by atoms with van der Waals surface area (Å²) < 4.78 is 13.8. The Morgan fingerprint density at radius 1 is 0.684 bits per heavy atom. The van der Waals surface area contributed by atoms with Gasteiger partial charge in [0.1, 0.15) is 17.0 Å². The molecule has 0 fully saturated rings. The second kappa shape index (κ2) is 7.76. The predicted molar refractivity (Wildman–Crippen MR) is 69.9 cm³/mol. The predicted octanol–water partition coefficient (Wildman–Crippen LogP) is 3.47. The van der Waals surface area contributed by atoms with Gasteiger partial charge < -0.3 is 19.0 Å². The first-order chi connectivity index (χ1) is 8.23. The first kappa shape index (κ1) is 19.7. The molecule has 0 N–H and O–H groups in total. The number of hydrogen-bond donors (Lipinski definition) is 0. The van der Waals surface area contributed by atoms with Gasteiger partial charge in [0.05, 0.1) is 0 Å². The van der Waals surface area contributed by atoms with E-state index in [0.29, 0.717) is 0 Å². The van der Waals surface area contributed by atoms with E-state index in [0.717, 1.165) is 0 Å². The second-order valence-corrected chi connectivity index (χ2v) is 5.94. The molecule has 0 saturated carbocycles. The number of rotatable bonds is 0. The normalized spacial score (nSPS) is 10.7. The second-order valence-electron chi connectivity index (χ2n) is 5.94. The van der Waals surface area contributed by atoms with E-state index < -0.39 is 23.5 Å². The molecule has 6 heteroatoms. The topological polar surface area (TPSA) is 78.9 Å². The number of hydrogen-bond acceptors (Lipinski definition) is 6.